The fraction of sp³-hybridized carbons (Fsp3) is 0.438. The molecule has 2 N–H and O–H groups in total. The summed E-state index contributed by atoms with van der Waals surface area (Å²) in [6.45, 7) is 2.62. The molecule has 1 aromatic heterocycles. The molecular weight excluding hydrogens is 264 g/mol. The highest BCUT2D eigenvalue weighted by molar-refractivity contribution is 5.49. The predicted octanol–water partition coefficient (Wildman–Crippen LogP) is 1.93. The molecule has 2 aromatic rings. The Morgan fingerprint density at radius 2 is 1.95 bits per heavy atom. The number of nitrogens with zero attached hydrogens (tertiary/aromatic N) is 3. The van der Waals surface area contributed by atoms with Crippen LogP contribution >= 0.6 is 0 Å². The number of ether oxygens (including phenoxy) is 1. The Morgan fingerprint density at radius 1 is 1.24 bits per heavy atom. The van der Waals surface area contributed by atoms with Crippen molar-refractivity contribution in [2.24, 2.45) is 12.8 Å². The van der Waals surface area contributed by atoms with Crippen molar-refractivity contribution >= 4 is 5.69 Å². The van der Waals surface area contributed by atoms with Crippen molar-refractivity contribution in [3.63, 3.8) is 0 Å². The minimum atomic E-state index is 0.364. The predicted molar refractivity (Wildman–Crippen MR) is 83.4 cm³/mol. The van der Waals surface area contributed by atoms with E-state index in [1.165, 1.54) is 5.69 Å². The van der Waals surface area contributed by atoms with E-state index >= 15 is 0 Å². The van der Waals surface area contributed by atoms with Crippen molar-refractivity contribution in [3.8, 4) is 5.75 Å². The van der Waals surface area contributed by atoms with Gasteiger partial charge in [-0.15, -0.1) is 0 Å². The highest BCUT2D eigenvalue weighted by Gasteiger charge is 2.16. The van der Waals surface area contributed by atoms with E-state index in [-0.39, 0.29) is 0 Å². The van der Waals surface area contributed by atoms with E-state index in [0.717, 1.165) is 37.2 Å². The van der Waals surface area contributed by atoms with Crippen LogP contribution in [0.2, 0.25) is 0 Å². The molecule has 0 amide bonds. The fourth-order valence-corrected chi connectivity index (χ4v) is 2.62. The normalized spacial score (nSPS) is 16.2. The average Bonchev–Trinajstić information content (AvgIpc) is 2.92. The van der Waals surface area contributed by atoms with Crippen LogP contribution in [0.5, 0.6) is 5.75 Å². The van der Waals surface area contributed by atoms with Crippen LogP contribution in [-0.4, -0.2) is 28.9 Å². The van der Waals surface area contributed by atoms with E-state index in [2.05, 4.69) is 22.1 Å². The number of benzene rings is 1. The summed E-state index contributed by atoms with van der Waals surface area (Å²) in [4.78, 5) is 2.38. The van der Waals surface area contributed by atoms with Crippen LogP contribution in [0.3, 0.4) is 0 Å². The average molecular weight is 286 g/mol. The zero-order chi connectivity index (χ0) is 14.7. The lowest BCUT2D eigenvalue weighted by Gasteiger charge is -2.32. The zero-order valence-corrected chi connectivity index (χ0v) is 12.4. The maximum absolute atomic E-state index is 5.94. The number of aromatic nitrogens is 2. The summed E-state index contributed by atoms with van der Waals surface area (Å²) in [6, 6.07) is 8.66. The molecule has 0 aliphatic carbocycles. The topological polar surface area (TPSA) is 56.3 Å². The second-order valence-electron chi connectivity index (χ2n) is 5.63. The molecule has 0 unspecified atom stereocenters. The second-order valence-corrected chi connectivity index (χ2v) is 5.63. The number of piperidine rings is 1. The Hall–Kier alpha value is -2.01. The molecule has 1 aliphatic heterocycles. The molecule has 2 heterocycles. The van der Waals surface area contributed by atoms with Gasteiger partial charge in [0.2, 0.25) is 0 Å². The summed E-state index contributed by atoms with van der Waals surface area (Å²) >= 11 is 0. The molecular formula is C16H22N4O. The SMILES string of the molecule is Cn1cc(COc2ccc(N3CCC(N)CC3)cc2)cn1. The van der Waals surface area contributed by atoms with Crippen LogP contribution in [0.25, 0.3) is 0 Å². The molecule has 1 aromatic carbocycles. The molecule has 1 fully saturated rings. The molecule has 21 heavy (non-hydrogen) atoms. The van der Waals surface area contributed by atoms with Gasteiger partial charge in [-0.2, -0.15) is 5.10 Å². The minimum Gasteiger partial charge on any atom is -0.489 e. The third-order valence-corrected chi connectivity index (χ3v) is 3.91. The number of hydrogen-bond donors (Lipinski definition) is 1. The highest BCUT2D eigenvalue weighted by Crippen LogP contribution is 2.23. The molecule has 0 saturated carbocycles. The molecule has 0 bridgehead atoms. The first-order chi connectivity index (χ1) is 10.2. The van der Waals surface area contributed by atoms with Gasteiger partial charge in [-0.05, 0) is 37.1 Å². The van der Waals surface area contributed by atoms with Gasteiger partial charge < -0.3 is 15.4 Å². The summed E-state index contributed by atoms with van der Waals surface area (Å²) in [5.41, 5.74) is 8.26. The quantitative estimate of drug-likeness (QED) is 0.933. The molecule has 0 radical (unpaired) electrons. The van der Waals surface area contributed by atoms with E-state index < -0.39 is 0 Å². The summed E-state index contributed by atoms with van der Waals surface area (Å²) in [5, 5.41) is 4.13. The van der Waals surface area contributed by atoms with Crippen molar-refractivity contribution in [3.05, 3.63) is 42.2 Å². The van der Waals surface area contributed by atoms with Crippen LogP contribution in [0.4, 0.5) is 5.69 Å². The monoisotopic (exact) mass is 286 g/mol. The van der Waals surface area contributed by atoms with Crippen LogP contribution < -0.4 is 15.4 Å². The van der Waals surface area contributed by atoms with Crippen LogP contribution in [-0.2, 0) is 13.7 Å². The van der Waals surface area contributed by atoms with E-state index in [1.807, 2.05) is 31.6 Å². The van der Waals surface area contributed by atoms with Gasteiger partial charge in [-0.3, -0.25) is 4.68 Å². The first kappa shape index (κ1) is 13.9. The lowest BCUT2D eigenvalue weighted by Crippen LogP contribution is -2.39. The third kappa shape index (κ3) is 3.55. The van der Waals surface area contributed by atoms with Gasteiger partial charge >= 0.3 is 0 Å². The second kappa shape index (κ2) is 6.18. The Balaban J connectivity index is 1.56. The Labute approximate surface area is 125 Å². The van der Waals surface area contributed by atoms with Crippen LogP contribution in [0, 0.1) is 0 Å². The van der Waals surface area contributed by atoms with Crippen molar-refractivity contribution in [2.45, 2.75) is 25.5 Å². The molecule has 5 heteroatoms. The largest absolute Gasteiger partial charge is 0.489 e. The minimum absolute atomic E-state index is 0.364. The smallest absolute Gasteiger partial charge is 0.119 e. The first-order valence-corrected chi connectivity index (χ1v) is 7.41. The summed E-state index contributed by atoms with van der Waals surface area (Å²) in [7, 11) is 1.91. The standard InChI is InChI=1S/C16H22N4O/c1-19-11-13(10-18-19)12-21-16-4-2-15(3-5-16)20-8-6-14(17)7-9-20/h2-5,10-11,14H,6-9,12,17H2,1H3. The maximum Gasteiger partial charge on any atom is 0.119 e. The van der Waals surface area contributed by atoms with Crippen LogP contribution in [0.1, 0.15) is 18.4 Å². The van der Waals surface area contributed by atoms with Crippen molar-refractivity contribution < 1.29 is 4.74 Å². The molecule has 1 aliphatic rings. The highest BCUT2D eigenvalue weighted by atomic mass is 16.5. The maximum atomic E-state index is 5.94. The number of rotatable bonds is 4. The van der Waals surface area contributed by atoms with Gasteiger partial charge in [0.25, 0.3) is 0 Å². The van der Waals surface area contributed by atoms with Crippen LogP contribution in [0.15, 0.2) is 36.7 Å². The lowest BCUT2D eigenvalue weighted by atomic mass is 10.1. The van der Waals surface area contributed by atoms with Gasteiger partial charge in [0.1, 0.15) is 12.4 Å². The number of nitrogens with two attached hydrogens (primary N) is 1. The van der Waals surface area contributed by atoms with Gasteiger partial charge in [0.05, 0.1) is 6.20 Å². The Kier molecular flexibility index (Phi) is 4.10. The molecule has 5 nitrogen and oxygen atoms in total. The number of anilines is 1. The Morgan fingerprint density at radius 3 is 2.57 bits per heavy atom. The zero-order valence-electron chi connectivity index (χ0n) is 12.4. The van der Waals surface area contributed by atoms with Gasteiger partial charge in [-0.25, -0.2) is 0 Å². The summed E-state index contributed by atoms with van der Waals surface area (Å²) in [6.07, 6.45) is 5.93. The van der Waals surface area contributed by atoms with Gasteiger partial charge in [-0.1, -0.05) is 0 Å². The first-order valence-electron chi connectivity index (χ1n) is 7.41. The van der Waals surface area contributed by atoms with Crippen molar-refractivity contribution in [1.82, 2.24) is 9.78 Å². The number of aryl methyl sites for hydroxylation is 1. The fourth-order valence-electron chi connectivity index (χ4n) is 2.62. The van der Waals surface area contributed by atoms with E-state index in [9.17, 15) is 0 Å². The molecule has 0 atom stereocenters. The van der Waals surface area contributed by atoms with Crippen molar-refractivity contribution in [1.29, 1.82) is 0 Å². The molecule has 112 valence electrons. The summed E-state index contributed by atoms with van der Waals surface area (Å²) < 4.78 is 7.55. The van der Waals surface area contributed by atoms with E-state index in [0.29, 0.717) is 12.6 Å². The van der Waals surface area contributed by atoms with E-state index in [1.54, 1.807) is 4.68 Å². The van der Waals surface area contributed by atoms with E-state index in [4.69, 9.17) is 10.5 Å². The Bertz CT molecular complexity index is 570. The van der Waals surface area contributed by atoms with Gasteiger partial charge in [0.15, 0.2) is 0 Å². The summed E-state index contributed by atoms with van der Waals surface area (Å²) in [5.74, 6) is 0.885. The van der Waals surface area contributed by atoms with Crippen molar-refractivity contribution in [2.75, 3.05) is 18.0 Å². The third-order valence-electron chi connectivity index (χ3n) is 3.91. The molecule has 1 saturated heterocycles. The lowest BCUT2D eigenvalue weighted by molar-refractivity contribution is 0.306. The number of hydrogen-bond acceptors (Lipinski definition) is 4. The molecule has 0 spiro atoms. The van der Waals surface area contributed by atoms with Gasteiger partial charge in [0, 0.05) is 43.6 Å². The molecule has 3 rings (SSSR count).